The molecular weight excluding hydrogens is 154 g/mol. The van der Waals surface area contributed by atoms with Crippen molar-refractivity contribution in [2.24, 2.45) is 0 Å². The lowest BCUT2D eigenvalue weighted by Crippen LogP contribution is -1.72. The lowest BCUT2D eigenvalue weighted by molar-refractivity contribution is 0.480. The van der Waals surface area contributed by atoms with E-state index < -0.39 is 0 Å². The van der Waals surface area contributed by atoms with Gasteiger partial charge in [0.15, 0.2) is 0 Å². The molecule has 0 amide bonds. The van der Waals surface area contributed by atoms with Crippen LogP contribution in [-0.4, -0.2) is 15.1 Å². The molecule has 1 heterocycles. The van der Waals surface area contributed by atoms with E-state index in [2.05, 4.69) is 9.97 Å². The molecule has 2 aromatic rings. The van der Waals surface area contributed by atoms with Gasteiger partial charge in [0.05, 0.1) is 5.52 Å². The van der Waals surface area contributed by atoms with Gasteiger partial charge in [-0.25, -0.2) is 4.98 Å². The second-order valence-electron chi connectivity index (χ2n) is 2.37. The number of imidazole rings is 1. The maximum absolute atomic E-state index is 9.29. The predicted octanol–water partition coefficient (Wildman–Crippen LogP) is 1.14. The van der Waals surface area contributed by atoms with Gasteiger partial charge in [-0.1, -0.05) is 6.07 Å². The number of nitrogens with one attached hydrogen (secondary N) is 1. The highest BCUT2D eigenvalue weighted by Gasteiger charge is 2.04. The molecule has 12 heavy (non-hydrogen) atoms. The molecule has 4 nitrogen and oxygen atoms in total. The topological polar surface area (TPSA) is 72.7 Å². The lowest BCUT2D eigenvalue weighted by Gasteiger charge is -1.89. The number of aromatic hydroxyl groups is 1. The van der Waals surface area contributed by atoms with E-state index in [9.17, 15) is 5.11 Å². The lowest BCUT2D eigenvalue weighted by atomic mass is 10.3. The summed E-state index contributed by atoms with van der Waals surface area (Å²) in [5.41, 5.74) is 1.11. The van der Waals surface area contributed by atoms with Gasteiger partial charge in [-0.15, -0.1) is 0 Å². The number of fused-ring (bicyclic) bond motifs is 1. The summed E-state index contributed by atoms with van der Waals surface area (Å²) in [6.07, 6.45) is 0. The first-order valence-electron chi connectivity index (χ1n) is 3.39. The third-order valence-corrected chi connectivity index (χ3v) is 1.60. The van der Waals surface area contributed by atoms with E-state index in [1.54, 1.807) is 12.1 Å². The van der Waals surface area contributed by atoms with Crippen molar-refractivity contribution in [3.8, 4) is 11.8 Å². The average molecular weight is 159 g/mol. The Balaban J connectivity index is 2.85. The minimum absolute atomic E-state index is 0.0882. The van der Waals surface area contributed by atoms with Crippen LogP contribution in [0.5, 0.6) is 5.75 Å². The molecule has 0 spiro atoms. The van der Waals surface area contributed by atoms with Gasteiger partial charge in [-0.3, -0.25) is 0 Å². The Kier molecular flexibility index (Phi) is 1.25. The molecule has 0 fully saturated rings. The van der Waals surface area contributed by atoms with Crippen molar-refractivity contribution < 1.29 is 5.11 Å². The van der Waals surface area contributed by atoms with E-state index in [-0.39, 0.29) is 11.6 Å². The number of H-pyrrole nitrogens is 1. The molecule has 4 heteroatoms. The zero-order valence-corrected chi connectivity index (χ0v) is 6.07. The highest BCUT2D eigenvalue weighted by molar-refractivity contribution is 5.81. The maximum Gasteiger partial charge on any atom is 0.211 e. The molecule has 0 saturated heterocycles. The van der Waals surface area contributed by atoms with Crippen LogP contribution >= 0.6 is 0 Å². The van der Waals surface area contributed by atoms with Crippen LogP contribution in [0.1, 0.15) is 5.82 Å². The van der Waals surface area contributed by atoms with Crippen molar-refractivity contribution in [2.45, 2.75) is 0 Å². The van der Waals surface area contributed by atoms with E-state index >= 15 is 0 Å². The number of nitriles is 1. The van der Waals surface area contributed by atoms with Gasteiger partial charge in [-0.05, 0) is 12.1 Å². The minimum atomic E-state index is 0.0882. The number of para-hydroxylation sites is 1. The zero-order valence-electron chi connectivity index (χ0n) is 6.07. The van der Waals surface area contributed by atoms with E-state index in [4.69, 9.17) is 5.26 Å². The maximum atomic E-state index is 9.29. The Hall–Kier alpha value is -2.02. The highest BCUT2D eigenvalue weighted by Crippen LogP contribution is 2.21. The highest BCUT2D eigenvalue weighted by atomic mass is 16.3. The van der Waals surface area contributed by atoms with Crippen molar-refractivity contribution in [1.29, 1.82) is 5.26 Å². The molecule has 0 bridgehead atoms. The second-order valence-corrected chi connectivity index (χ2v) is 2.37. The monoisotopic (exact) mass is 159 g/mol. The van der Waals surface area contributed by atoms with Gasteiger partial charge >= 0.3 is 0 Å². The van der Waals surface area contributed by atoms with E-state index in [0.29, 0.717) is 11.0 Å². The van der Waals surface area contributed by atoms with Crippen LogP contribution in [0.3, 0.4) is 0 Å². The molecule has 1 aromatic heterocycles. The summed E-state index contributed by atoms with van der Waals surface area (Å²) in [6, 6.07) is 6.84. The van der Waals surface area contributed by atoms with Gasteiger partial charge in [0.1, 0.15) is 17.3 Å². The van der Waals surface area contributed by atoms with Crippen LogP contribution in [0.25, 0.3) is 11.0 Å². The third kappa shape index (κ3) is 0.805. The number of nitrogens with zero attached hydrogens (tertiary/aromatic N) is 2. The standard InChI is InChI=1S/C8H5N3O/c9-4-7-10-5-2-1-3-6(12)8(5)11-7/h1-3,12H,(H,10,11). The van der Waals surface area contributed by atoms with Gasteiger partial charge in [0, 0.05) is 0 Å². The van der Waals surface area contributed by atoms with E-state index in [1.165, 1.54) is 6.07 Å². The molecule has 58 valence electrons. The molecule has 2 rings (SSSR count). The first-order valence-corrected chi connectivity index (χ1v) is 3.39. The molecule has 0 atom stereocenters. The number of hydrogen-bond acceptors (Lipinski definition) is 3. The molecule has 0 radical (unpaired) electrons. The quantitative estimate of drug-likeness (QED) is 0.605. The summed E-state index contributed by atoms with van der Waals surface area (Å²) in [5.74, 6) is 0.303. The summed E-state index contributed by atoms with van der Waals surface area (Å²) in [7, 11) is 0. The predicted molar refractivity (Wildman–Crippen MR) is 42.5 cm³/mol. The fourth-order valence-corrected chi connectivity index (χ4v) is 1.07. The Bertz CT molecular complexity index is 467. The number of aromatic amines is 1. The number of phenolic OH excluding ortho intramolecular Hbond substituents is 1. The fraction of sp³-hybridized carbons (Fsp3) is 0. The largest absolute Gasteiger partial charge is 0.506 e. The Labute approximate surface area is 68.1 Å². The van der Waals surface area contributed by atoms with E-state index in [0.717, 1.165) is 0 Å². The van der Waals surface area contributed by atoms with Crippen molar-refractivity contribution in [1.82, 2.24) is 9.97 Å². The van der Waals surface area contributed by atoms with Crippen LogP contribution in [0.2, 0.25) is 0 Å². The molecule has 0 unspecified atom stereocenters. The Morgan fingerprint density at radius 3 is 3.00 bits per heavy atom. The summed E-state index contributed by atoms with van der Waals surface area (Å²) >= 11 is 0. The zero-order chi connectivity index (χ0) is 8.55. The smallest absolute Gasteiger partial charge is 0.211 e. The SMILES string of the molecule is N#Cc1nc2c(O)cccc2[nH]1. The van der Waals surface area contributed by atoms with Gasteiger partial charge in [0.2, 0.25) is 5.82 Å². The first kappa shape index (κ1) is 6.68. The van der Waals surface area contributed by atoms with Crippen molar-refractivity contribution >= 4 is 11.0 Å². The summed E-state index contributed by atoms with van der Waals surface area (Å²) in [6.45, 7) is 0. The van der Waals surface area contributed by atoms with Crippen molar-refractivity contribution in [3.63, 3.8) is 0 Å². The van der Waals surface area contributed by atoms with Crippen LogP contribution < -0.4 is 0 Å². The number of benzene rings is 1. The molecule has 0 saturated carbocycles. The fourth-order valence-electron chi connectivity index (χ4n) is 1.07. The molecule has 1 aromatic carbocycles. The average Bonchev–Trinajstić information content (AvgIpc) is 2.49. The van der Waals surface area contributed by atoms with Gasteiger partial charge in [0.25, 0.3) is 0 Å². The molecule has 0 aliphatic carbocycles. The summed E-state index contributed by atoms with van der Waals surface area (Å²) < 4.78 is 0. The van der Waals surface area contributed by atoms with Gasteiger partial charge < -0.3 is 10.1 Å². The number of rotatable bonds is 0. The van der Waals surface area contributed by atoms with Crippen LogP contribution in [-0.2, 0) is 0 Å². The van der Waals surface area contributed by atoms with E-state index in [1.807, 2.05) is 6.07 Å². The number of aromatic nitrogens is 2. The third-order valence-electron chi connectivity index (χ3n) is 1.60. The molecule has 2 N–H and O–H groups in total. The minimum Gasteiger partial charge on any atom is -0.506 e. The van der Waals surface area contributed by atoms with Crippen LogP contribution in [0.4, 0.5) is 0 Å². The molecular formula is C8H5N3O. The Morgan fingerprint density at radius 2 is 2.33 bits per heavy atom. The second kappa shape index (κ2) is 2.24. The van der Waals surface area contributed by atoms with Crippen molar-refractivity contribution in [3.05, 3.63) is 24.0 Å². The van der Waals surface area contributed by atoms with Crippen molar-refractivity contribution in [2.75, 3.05) is 0 Å². The van der Waals surface area contributed by atoms with Crippen LogP contribution in [0, 0.1) is 11.3 Å². The van der Waals surface area contributed by atoms with Crippen LogP contribution in [0.15, 0.2) is 18.2 Å². The van der Waals surface area contributed by atoms with Gasteiger partial charge in [-0.2, -0.15) is 5.26 Å². The molecule has 0 aliphatic heterocycles. The summed E-state index contributed by atoms with van der Waals surface area (Å²) in [5, 5.41) is 17.8. The number of phenols is 1. The summed E-state index contributed by atoms with van der Waals surface area (Å²) in [4.78, 5) is 6.62. The Morgan fingerprint density at radius 1 is 1.50 bits per heavy atom. The number of hydrogen-bond donors (Lipinski definition) is 2. The molecule has 0 aliphatic rings. The normalized spacial score (nSPS) is 9.92. The first-order chi connectivity index (χ1) is 5.81.